The second-order valence-corrected chi connectivity index (χ2v) is 2.87. The Labute approximate surface area is 77.2 Å². The van der Waals surface area contributed by atoms with Crippen molar-refractivity contribution in [1.29, 1.82) is 0 Å². The molecule has 0 radical (unpaired) electrons. The van der Waals surface area contributed by atoms with Gasteiger partial charge in [-0.2, -0.15) is 0 Å². The molecule has 3 nitrogen and oxygen atoms in total. The van der Waals surface area contributed by atoms with Gasteiger partial charge in [0.1, 0.15) is 6.04 Å². The molecule has 13 heavy (non-hydrogen) atoms. The van der Waals surface area contributed by atoms with E-state index in [0.29, 0.717) is 5.56 Å². The monoisotopic (exact) mass is 179 g/mol. The number of carbonyl (C=O) groups is 1. The third-order valence-electron chi connectivity index (χ3n) is 2.04. The Morgan fingerprint density at radius 3 is 2.69 bits per heavy atom. The molecule has 0 fully saturated rings. The van der Waals surface area contributed by atoms with Crippen molar-refractivity contribution < 1.29 is 9.90 Å². The van der Waals surface area contributed by atoms with E-state index in [0.717, 1.165) is 12.0 Å². The number of carboxylic acid groups (broad SMARTS) is 1. The maximum absolute atomic E-state index is 10.6. The Hall–Kier alpha value is -1.35. The van der Waals surface area contributed by atoms with Gasteiger partial charge in [0.15, 0.2) is 0 Å². The quantitative estimate of drug-likeness (QED) is 0.735. The normalized spacial score (nSPS) is 12.5. The third-order valence-corrected chi connectivity index (χ3v) is 2.04. The van der Waals surface area contributed by atoms with Crippen LogP contribution in [0.15, 0.2) is 24.3 Å². The van der Waals surface area contributed by atoms with Crippen molar-refractivity contribution in [2.24, 2.45) is 5.73 Å². The number of nitrogens with two attached hydrogens (primary N) is 1. The molecule has 0 bridgehead atoms. The Kier molecular flexibility index (Phi) is 3.03. The van der Waals surface area contributed by atoms with Gasteiger partial charge < -0.3 is 10.8 Å². The average Bonchev–Trinajstić information content (AvgIpc) is 2.16. The van der Waals surface area contributed by atoms with Crippen LogP contribution >= 0.6 is 0 Å². The summed E-state index contributed by atoms with van der Waals surface area (Å²) in [6, 6.07) is 6.44. The van der Waals surface area contributed by atoms with E-state index in [1.165, 1.54) is 0 Å². The lowest BCUT2D eigenvalue weighted by atomic mass is 9.99. The minimum Gasteiger partial charge on any atom is -0.480 e. The second-order valence-electron chi connectivity index (χ2n) is 2.87. The van der Waals surface area contributed by atoms with Crippen LogP contribution in [0.25, 0.3) is 0 Å². The van der Waals surface area contributed by atoms with E-state index in [1.807, 2.05) is 19.1 Å². The molecule has 0 aliphatic rings. The first kappa shape index (κ1) is 9.74. The summed E-state index contributed by atoms with van der Waals surface area (Å²) >= 11 is 0. The van der Waals surface area contributed by atoms with Gasteiger partial charge in [-0.25, -0.2) is 0 Å². The highest BCUT2D eigenvalue weighted by Crippen LogP contribution is 2.16. The second kappa shape index (κ2) is 4.05. The highest BCUT2D eigenvalue weighted by Gasteiger charge is 2.16. The molecule has 1 atom stereocenters. The van der Waals surface area contributed by atoms with E-state index in [2.05, 4.69) is 0 Å². The highest BCUT2D eigenvalue weighted by molar-refractivity contribution is 5.75. The molecular weight excluding hydrogens is 166 g/mol. The lowest BCUT2D eigenvalue weighted by molar-refractivity contribution is -0.138. The summed E-state index contributed by atoms with van der Waals surface area (Å²) in [7, 11) is 0. The average molecular weight is 179 g/mol. The summed E-state index contributed by atoms with van der Waals surface area (Å²) in [5.41, 5.74) is 7.22. The zero-order valence-corrected chi connectivity index (χ0v) is 7.53. The predicted molar refractivity (Wildman–Crippen MR) is 50.4 cm³/mol. The summed E-state index contributed by atoms with van der Waals surface area (Å²) in [4.78, 5) is 10.6. The van der Waals surface area contributed by atoms with E-state index in [1.54, 1.807) is 12.1 Å². The zero-order valence-electron chi connectivity index (χ0n) is 7.53. The molecule has 0 amide bonds. The molecule has 0 aliphatic heterocycles. The molecule has 0 saturated carbocycles. The fourth-order valence-electron chi connectivity index (χ4n) is 1.29. The van der Waals surface area contributed by atoms with Crippen molar-refractivity contribution in [1.82, 2.24) is 0 Å². The van der Waals surface area contributed by atoms with Crippen LogP contribution in [0.5, 0.6) is 0 Å². The van der Waals surface area contributed by atoms with Crippen molar-refractivity contribution in [3.8, 4) is 0 Å². The van der Waals surface area contributed by atoms with Crippen LogP contribution in [-0.4, -0.2) is 11.1 Å². The SMILES string of the molecule is CCc1ccccc1[C@H](N)C(=O)O. The van der Waals surface area contributed by atoms with E-state index in [-0.39, 0.29) is 0 Å². The first-order valence-corrected chi connectivity index (χ1v) is 4.23. The Morgan fingerprint density at radius 1 is 1.54 bits per heavy atom. The molecule has 1 rings (SSSR count). The molecule has 1 aromatic rings. The Morgan fingerprint density at radius 2 is 2.15 bits per heavy atom. The van der Waals surface area contributed by atoms with Gasteiger partial charge in [-0.15, -0.1) is 0 Å². The Balaban J connectivity index is 3.05. The van der Waals surface area contributed by atoms with Crippen molar-refractivity contribution >= 4 is 5.97 Å². The Bertz CT molecular complexity index is 310. The van der Waals surface area contributed by atoms with Gasteiger partial charge in [0.25, 0.3) is 0 Å². The first-order valence-electron chi connectivity index (χ1n) is 4.23. The van der Waals surface area contributed by atoms with Crippen LogP contribution in [-0.2, 0) is 11.2 Å². The van der Waals surface area contributed by atoms with Gasteiger partial charge in [-0.1, -0.05) is 31.2 Å². The van der Waals surface area contributed by atoms with Gasteiger partial charge in [0.05, 0.1) is 0 Å². The summed E-state index contributed by atoms with van der Waals surface area (Å²) in [6.45, 7) is 1.98. The van der Waals surface area contributed by atoms with Crippen LogP contribution < -0.4 is 5.73 Å². The molecule has 0 aromatic heterocycles. The number of aryl methyl sites for hydroxylation is 1. The molecule has 3 heteroatoms. The fourth-order valence-corrected chi connectivity index (χ4v) is 1.29. The third kappa shape index (κ3) is 2.06. The number of carboxylic acids is 1. The topological polar surface area (TPSA) is 63.3 Å². The van der Waals surface area contributed by atoms with Gasteiger partial charge in [-0.05, 0) is 17.5 Å². The molecular formula is C10H13NO2. The summed E-state index contributed by atoms with van der Waals surface area (Å²) in [5.74, 6) is -0.985. The van der Waals surface area contributed by atoms with Crippen molar-refractivity contribution in [2.45, 2.75) is 19.4 Å². The van der Waals surface area contributed by atoms with Gasteiger partial charge in [0.2, 0.25) is 0 Å². The number of hydrogen-bond donors (Lipinski definition) is 2. The molecule has 70 valence electrons. The van der Waals surface area contributed by atoms with E-state index in [4.69, 9.17) is 10.8 Å². The van der Waals surface area contributed by atoms with Crippen LogP contribution in [0.2, 0.25) is 0 Å². The van der Waals surface area contributed by atoms with Crippen molar-refractivity contribution in [3.63, 3.8) is 0 Å². The lowest BCUT2D eigenvalue weighted by Gasteiger charge is -2.10. The molecule has 0 unspecified atom stereocenters. The predicted octanol–water partition coefficient (Wildman–Crippen LogP) is 1.33. The fraction of sp³-hybridized carbons (Fsp3) is 0.300. The van der Waals surface area contributed by atoms with Crippen LogP contribution in [0.1, 0.15) is 24.1 Å². The molecule has 3 N–H and O–H groups in total. The molecule has 0 saturated heterocycles. The van der Waals surface area contributed by atoms with Crippen LogP contribution in [0.3, 0.4) is 0 Å². The van der Waals surface area contributed by atoms with Gasteiger partial charge in [0, 0.05) is 0 Å². The highest BCUT2D eigenvalue weighted by atomic mass is 16.4. The molecule has 0 aliphatic carbocycles. The molecule has 0 spiro atoms. The van der Waals surface area contributed by atoms with E-state index >= 15 is 0 Å². The molecule has 0 heterocycles. The number of aliphatic carboxylic acids is 1. The van der Waals surface area contributed by atoms with E-state index in [9.17, 15) is 4.79 Å². The number of hydrogen-bond acceptors (Lipinski definition) is 2. The van der Waals surface area contributed by atoms with Gasteiger partial charge >= 0.3 is 5.97 Å². The number of rotatable bonds is 3. The largest absolute Gasteiger partial charge is 0.480 e. The number of benzene rings is 1. The minimum atomic E-state index is -0.985. The standard InChI is InChI=1S/C10H13NO2/c1-2-7-5-3-4-6-8(7)9(11)10(12)13/h3-6,9H,2,11H2,1H3,(H,12,13)/t9-/m0/s1. The van der Waals surface area contributed by atoms with Gasteiger partial charge in [-0.3, -0.25) is 4.79 Å². The lowest BCUT2D eigenvalue weighted by Crippen LogP contribution is -2.21. The summed E-state index contributed by atoms with van der Waals surface area (Å²) < 4.78 is 0. The maximum Gasteiger partial charge on any atom is 0.325 e. The minimum absolute atomic E-state index is 0.706. The first-order chi connectivity index (χ1) is 6.16. The van der Waals surface area contributed by atoms with E-state index < -0.39 is 12.0 Å². The smallest absolute Gasteiger partial charge is 0.325 e. The van der Waals surface area contributed by atoms with Crippen molar-refractivity contribution in [2.75, 3.05) is 0 Å². The van der Waals surface area contributed by atoms with Crippen molar-refractivity contribution in [3.05, 3.63) is 35.4 Å². The van der Waals surface area contributed by atoms with Crippen LogP contribution in [0.4, 0.5) is 0 Å². The zero-order chi connectivity index (χ0) is 9.84. The molecule has 1 aromatic carbocycles. The summed E-state index contributed by atoms with van der Waals surface area (Å²) in [5, 5.41) is 8.73. The summed E-state index contributed by atoms with van der Waals surface area (Å²) in [6.07, 6.45) is 0.803. The van der Waals surface area contributed by atoms with Crippen LogP contribution in [0, 0.1) is 0 Å². The maximum atomic E-state index is 10.6.